The predicted octanol–water partition coefficient (Wildman–Crippen LogP) is 2.33. The van der Waals surface area contributed by atoms with Gasteiger partial charge in [0.05, 0.1) is 5.56 Å². The second-order valence-electron chi connectivity index (χ2n) is 6.32. The number of phenolic OH excluding ortho intramolecular Hbond substituents is 1. The highest BCUT2D eigenvalue weighted by molar-refractivity contribution is 7.80. The molecule has 0 aromatic heterocycles. The van der Waals surface area contributed by atoms with Crippen molar-refractivity contribution >= 4 is 29.1 Å². The maximum absolute atomic E-state index is 11.5. The van der Waals surface area contributed by atoms with Crippen molar-refractivity contribution in [1.82, 2.24) is 10.2 Å². The van der Waals surface area contributed by atoms with Crippen LogP contribution < -0.4 is 5.32 Å². The number of nitrogens with zero attached hydrogens (tertiary/aromatic N) is 2. The first kappa shape index (κ1) is 16.5. The molecule has 7 heteroatoms. The van der Waals surface area contributed by atoms with Gasteiger partial charge in [0.2, 0.25) is 0 Å². The zero-order chi connectivity index (χ0) is 18.3. The smallest absolute Gasteiger partial charge is 0.335 e. The molecule has 2 aliphatic rings. The van der Waals surface area contributed by atoms with Crippen LogP contribution in [0.1, 0.15) is 27.9 Å². The fourth-order valence-corrected chi connectivity index (χ4v) is 3.90. The van der Waals surface area contributed by atoms with Crippen molar-refractivity contribution < 1.29 is 15.0 Å². The summed E-state index contributed by atoms with van der Waals surface area (Å²) in [4.78, 5) is 18.2. The molecule has 0 aliphatic carbocycles. The molecule has 2 heterocycles. The van der Waals surface area contributed by atoms with Crippen LogP contribution in [0.5, 0.6) is 5.75 Å². The van der Waals surface area contributed by atoms with E-state index in [4.69, 9.17) is 17.2 Å². The molecular formula is C19H17N3O3S. The number of hydrogen-bond donors (Lipinski definition) is 3. The molecule has 1 unspecified atom stereocenters. The summed E-state index contributed by atoms with van der Waals surface area (Å²) in [5, 5.41) is 23.0. The molecule has 0 radical (unpaired) electrons. The minimum Gasteiger partial charge on any atom is -0.508 e. The number of carboxylic acids is 1. The number of thiocarbonyl (C=S) groups is 1. The van der Waals surface area contributed by atoms with Crippen LogP contribution in [-0.2, 0) is 5.54 Å². The standard InChI is InChI=1S/C19H17N3O3S/c23-15-7-5-13(6-8-15)19(14-4-1-3-12(11-14)16(24)25)17-20-9-2-10-22(17)18(26)21-19/h1,3-8,11,23H,2,9-10H2,(H,21,26)(H,24,25). The van der Waals surface area contributed by atoms with Gasteiger partial charge in [0, 0.05) is 13.1 Å². The van der Waals surface area contributed by atoms with Crippen LogP contribution in [0, 0.1) is 0 Å². The Morgan fingerprint density at radius 3 is 2.69 bits per heavy atom. The number of aromatic carboxylic acids is 1. The molecule has 1 saturated heterocycles. The Hall–Kier alpha value is -2.93. The molecule has 132 valence electrons. The molecule has 6 nitrogen and oxygen atoms in total. The summed E-state index contributed by atoms with van der Waals surface area (Å²) in [6.07, 6.45) is 0.909. The quantitative estimate of drug-likeness (QED) is 0.722. The minimum atomic E-state index is -0.990. The second-order valence-corrected chi connectivity index (χ2v) is 6.71. The van der Waals surface area contributed by atoms with Gasteiger partial charge in [-0.2, -0.15) is 0 Å². The van der Waals surface area contributed by atoms with Crippen molar-refractivity contribution in [3.05, 3.63) is 65.2 Å². The van der Waals surface area contributed by atoms with Crippen LogP contribution in [0.3, 0.4) is 0 Å². The number of carbonyl (C=O) groups is 1. The molecule has 4 rings (SSSR count). The number of carboxylic acid groups (broad SMARTS) is 1. The number of nitrogens with one attached hydrogen (secondary N) is 1. The van der Waals surface area contributed by atoms with Gasteiger partial charge < -0.3 is 20.4 Å². The molecule has 3 N–H and O–H groups in total. The molecule has 1 fully saturated rings. The zero-order valence-electron chi connectivity index (χ0n) is 13.8. The number of aromatic hydroxyl groups is 1. The number of benzene rings is 2. The lowest BCUT2D eigenvalue weighted by Gasteiger charge is -2.33. The predicted molar refractivity (Wildman–Crippen MR) is 102 cm³/mol. The van der Waals surface area contributed by atoms with E-state index in [0.717, 1.165) is 29.9 Å². The minimum absolute atomic E-state index is 0.159. The summed E-state index contributed by atoms with van der Waals surface area (Å²) in [6.45, 7) is 1.46. The first-order valence-corrected chi connectivity index (χ1v) is 8.71. The average molecular weight is 367 g/mol. The van der Waals surface area contributed by atoms with Gasteiger partial charge in [0.15, 0.2) is 5.11 Å². The van der Waals surface area contributed by atoms with Crippen molar-refractivity contribution in [2.24, 2.45) is 4.99 Å². The molecule has 0 bridgehead atoms. The molecule has 0 spiro atoms. The van der Waals surface area contributed by atoms with Gasteiger partial charge in [0.25, 0.3) is 0 Å². The van der Waals surface area contributed by atoms with Gasteiger partial charge in [0.1, 0.15) is 17.1 Å². The molecule has 1 atom stereocenters. The van der Waals surface area contributed by atoms with Crippen LogP contribution in [0.25, 0.3) is 0 Å². The van der Waals surface area contributed by atoms with E-state index in [9.17, 15) is 15.0 Å². The van der Waals surface area contributed by atoms with Crippen molar-refractivity contribution in [1.29, 1.82) is 0 Å². The van der Waals surface area contributed by atoms with Gasteiger partial charge in [-0.15, -0.1) is 0 Å². The Labute approximate surface area is 155 Å². The first-order valence-electron chi connectivity index (χ1n) is 8.30. The fraction of sp³-hybridized carbons (Fsp3) is 0.211. The monoisotopic (exact) mass is 367 g/mol. The first-order chi connectivity index (χ1) is 12.5. The lowest BCUT2D eigenvalue weighted by molar-refractivity contribution is 0.0696. The highest BCUT2D eigenvalue weighted by Gasteiger charge is 2.50. The van der Waals surface area contributed by atoms with Crippen molar-refractivity contribution in [2.75, 3.05) is 13.1 Å². The van der Waals surface area contributed by atoms with E-state index in [-0.39, 0.29) is 11.3 Å². The van der Waals surface area contributed by atoms with Crippen molar-refractivity contribution in [2.45, 2.75) is 12.0 Å². The zero-order valence-corrected chi connectivity index (χ0v) is 14.7. The van der Waals surface area contributed by atoms with E-state index in [1.54, 1.807) is 42.5 Å². The van der Waals surface area contributed by atoms with E-state index in [2.05, 4.69) is 5.32 Å². The Morgan fingerprint density at radius 1 is 1.19 bits per heavy atom. The van der Waals surface area contributed by atoms with E-state index < -0.39 is 11.5 Å². The Balaban J connectivity index is 1.98. The Bertz CT molecular complexity index is 926. The summed E-state index contributed by atoms with van der Waals surface area (Å²) < 4.78 is 0. The van der Waals surface area contributed by atoms with E-state index in [1.807, 2.05) is 11.0 Å². The maximum Gasteiger partial charge on any atom is 0.335 e. The Kier molecular flexibility index (Phi) is 3.88. The van der Waals surface area contributed by atoms with Crippen LogP contribution in [0.4, 0.5) is 0 Å². The normalized spacial score (nSPS) is 21.8. The van der Waals surface area contributed by atoms with Gasteiger partial charge in [-0.3, -0.25) is 4.99 Å². The van der Waals surface area contributed by atoms with Crippen LogP contribution in [-0.4, -0.2) is 45.1 Å². The molecular weight excluding hydrogens is 350 g/mol. The van der Waals surface area contributed by atoms with Gasteiger partial charge >= 0.3 is 5.97 Å². The molecule has 0 amide bonds. The van der Waals surface area contributed by atoms with E-state index >= 15 is 0 Å². The van der Waals surface area contributed by atoms with Crippen LogP contribution in [0.15, 0.2) is 53.5 Å². The molecule has 0 saturated carbocycles. The SMILES string of the molecule is O=C(O)c1cccc(C2(c3ccc(O)cc3)NC(=S)N3CCCN=C32)c1. The van der Waals surface area contributed by atoms with Gasteiger partial charge in [-0.1, -0.05) is 24.3 Å². The number of hydrogen-bond acceptors (Lipinski definition) is 4. The van der Waals surface area contributed by atoms with Crippen LogP contribution >= 0.6 is 12.2 Å². The summed E-state index contributed by atoms with van der Waals surface area (Å²) in [7, 11) is 0. The number of aliphatic imine (C=N–C) groups is 1. The third-order valence-electron chi connectivity index (χ3n) is 4.77. The summed E-state index contributed by atoms with van der Waals surface area (Å²) in [5.74, 6) is -0.0658. The Morgan fingerprint density at radius 2 is 1.96 bits per heavy atom. The van der Waals surface area contributed by atoms with E-state index in [1.165, 1.54) is 0 Å². The highest BCUT2D eigenvalue weighted by Crippen LogP contribution is 2.39. The lowest BCUT2D eigenvalue weighted by Crippen LogP contribution is -2.46. The number of amidine groups is 1. The summed E-state index contributed by atoms with van der Waals surface area (Å²) in [6, 6.07) is 13.6. The van der Waals surface area contributed by atoms with Crippen LogP contribution in [0.2, 0.25) is 0 Å². The van der Waals surface area contributed by atoms with E-state index in [0.29, 0.717) is 11.7 Å². The summed E-state index contributed by atoms with van der Waals surface area (Å²) in [5.41, 5.74) is 0.900. The maximum atomic E-state index is 11.5. The number of fused-ring (bicyclic) bond motifs is 1. The summed E-state index contributed by atoms with van der Waals surface area (Å²) >= 11 is 5.54. The molecule has 26 heavy (non-hydrogen) atoms. The third kappa shape index (κ3) is 2.43. The number of phenols is 1. The third-order valence-corrected chi connectivity index (χ3v) is 5.10. The largest absolute Gasteiger partial charge is 0.508 e. The molecule has 2 aromatic carbocycles. The average Bonchev–Trinajstić information content (AvgIpc) is 2.96. The highest BCUT2D eigenvalue weighted by atomic mass is 32.1. The number of rotatable bonds is 3. The molecule has 2 aromatic rings. The lowest BCUT2D eigenvalue weighted by atomic mass is 9.81. The fourth-order valence-electron chi connectivity index (χ4n) is 3.57. The topological polar surface area (TPSA) is 85.2 Å². The van der Waals surface area contributed by atoms with Gasteiger partial charge in [-0.25, -0.2) is 4.79 Å². The van der Waals surface area contributed by atoms with Crippen molar-refractivity contribution in [3.63, 3.8) is 0 Å². The second kappa shape index (κ2) is 6.10. The van der Waals surface area contributed by atoms with Crippen molar-refractivity contribution in [3.8, 4) is 5.75 Å². The molecule has 2 aliphatic heterocycles. The van der Waals surface area contributed by atoms with Gasteiger partial charge in [-0.05, 0) is 54.0 Å².